The third-order valence-corrected chi connectivity index (χ3v) is 8.20. The van der Waals surface area contributed by atoms with Crippen LogP contribution in [0.5, 0.6) is 5.75 Å². The van der Waals surface area contributed by atoms with E-state index in [9.17, 15) is 0 Å². The van der Waals surface area contributed by atoms with Gasteiger partial charge in [-0.15, -0.1) is 0 Å². The Balaban J connectivity index is 1.48. The molecular weight excluding hydrogens is 394 g/mol. The highest BCUT2D eigenvalue weighted by atomic mass is 16.5. The maximum absolute atomic E-state index is 6.90. The van der Waals surface area contributed by atoms with Crippen molar-refractivity contribution in [1.29, 1.82) is 0 Å². The normalized spacial score (nSPS) is 26.9. The second-order valence-electron chi connectivity index (χ2n) is 10.3. The van der Waals surface area contributed by atoms with E-state index in [4.69, 9.17) is 9.47 Å². The van der Waals surface area contributed by atoms with Gasteiger partial charge < -0.3 is 14.4 Å². The summed E-state index contributed by atoms with van der Waals surface area (Å²) < 4.78 is 13.0. The quantitative estimate of drug-likeness (QED) is 0.376. The van der Waals surface area contributed by atoms with Crippen LogP contribution in [0, 0.1) is 11.8 Å². The first-order valence-electron chi connectivity index (χ1n) is 13.5. The molecule has 178 valence electrons. The van der Waals surface area contributed by atoms with Crippen molar-refractivity contribution in [1.82, 2.24) is 4.90 Å². The Hall–Kier alpha value is -1.32. The van der Waals surface area contributed by atoms with Crippen LogP contribution in [0.3, 0.4) is 0 Å². The fraction of sp³-hybridized carbons (Fsp3) is 0.724. The SMILES string of the molecule is CCCN(CC)CCOc1ccc([C@@H]2OC3CCCCC3C(C)=C2C2CCCCC2)cc1. The fourth-order valence-electron chi connectivity index (χ4n) is 6.41. The van der Waals surface area contributed by atoms with Crippen molar-refractivity contribution < 1.29 is 9.47 Å². The molecule has 3 atom stereocenters. The highest BCUT2D eigenvalue weighted by molar-refractivity contribution is 5.37. The molecule has 2 aliphatic carbocycles. The Morgan fingerprint density at radius 1 is 0.906 bits per heavy atom. The zero-order valence-corrected chi connectivity index (χ0v) is 20.8. The van der Waals surface area contributed by atoms with E-state index in [1.165, 1.54) is 69.8 Å². The van der Waals surface area contributed by atoms with Gasteiger partial charge in [-0.3, -0.25) is 0 Å². The number of rotatable bonds is 9. The molecule has 3 aliphatic rings. The number of benzene rings is 1. The number of ether oxygens (including phenoxy) is 2. The molecule has 0 spiro atoms. The van der Waals surface area contributed by atoms with E-state index in [0.29, 0.717) is 17.9 Å². The van der Waals surface area contributed by atoms with Gasteiger partial charge in [0, 0.05) is 12.5 Å². The molecule has 1 aromatic rings. The molecule has 1 aliphatic heterocycles. The summed E-state index contributed by atoms with van der Waals surface area (Å²) in [5, 5.41) is 0. The van der Waals surface area contributed by atoms with E-state index in [-0.39, 0.29) is 6.10 Å². The number of hydrogen-bond acceptors (Lipinski definition) is 3. The molecule has 2 unspecified atom stereocenters. The minimum atomic E-state index is 0.145. The molecule has 0 N–H and O–H groups in total. The highest BCUT2D eigenvalue weighted by Crippen LogP contribution is 2.49. The van der Waals surface area contributed by atoms with Crippen molar-refractivity contribution in [2.75, 3.05) is 26.2 Å². The van der Waals surface area contributed by atoms with Crippen molar-refractivity contribution in [3.8, 4) is 5.75 Å². The lowest BCUT2D eigenvalue weighted by Crippen LogP contribution is -2.37. The molecule has 1 aromatic carbocycles. The zero-order valence-electron chi connectivity index (χ0n) is 20.8. The predicted molar refractivity (Wildman–Crippen MR) is 133 cm³/mol. The minimum Gasteiger partial charge on any atom is -0.492 e. The zero-order chi connectivity index (χ0) is 22.3. The van der Waals surface area contributed by atoms with E-state index < -0.39 is 0 Å². The summed E-state index contributed by atoms with van der Waals surface area (Å²) in [6, 6.07) is 8.86. The van der Waals surface area contributed by atoms with Gasteiger partial charge >= 0.3 is 0 Å². The van der Waals surface area contributed by atoms with Crippen LogP contribution in [-0.4, -0.2) is 37.2 Å². The van der Waals surface area contributed by atoms with E-state index in [1.807, 2.05) is 0 Å². The molecule has 3 heteroatoms. The first kappa shape index (κ1) is 23.8. The summed E-state index contributed by atoms with van der Waals surface area (Å²) in [4.78, 5) is 2.45. The monoisotopic (exact) mass is 439 g/mol. The van der Waals surface area contributed by atoms with Crippen molar-refractivity contribution >= 4 is 0 Å². The van der Waals surface area contributed by atoms with Gasteiger partial charge in [-0.2, -0.15) is 0 Å². The van der Waals surface area contributed by atoms with Crippen molar-refractivity contribution in [2.24, 2.45) is 11.8 Å². The standard InChI is InChI=1S/C29H45NO2/c1-4-19-30(5-2)20-21-31-25-17-15-24(16-18-25)29-28(23-11-7-6-8-12-23)22(3)26-13-9-10-14-27(26)32-29/h15-18,23,26-27,29H,4-14,19-21H2,1-3H3/t26?,27?,29-/m0/s1. The van der Waals surface area contributed by atoms with Crippen molar-refractivity contribution in [3.63, 3.8) is 0 Å². The van der Waals surface area contributed by atoms with Gasteiger partial charge in [0.1, 0.15) is 18.5 Å². The largest absolute Gasteiger partial charge is 0.492 e. The van der Waals surface area contributed by atoms with Crippen LogP contribution in [0.2, 0.25) is 0 Å². The Morgan fingerprint density at radius 2 is 1.62 bits per heavy atom. The highest BCUT2D eigenvalue weighted by Gasteiger charge is 2.40. The Kier molecular flexibility index (Phi) is 8.71. The van der Waals surface area contributed by atoms with Gasteiger partial charge in [0.25, 0.3) is 0 Å². The van der Waals surface area contributed by atoms with Gasteiger partial charge in [0.05, 0.1) is 6.10 Å². The second kappa shape index (κ2) is 11.7. The molecule has 0 aromatic heterocycles. The molecule has 4 rings (SSSR count). The van der Waals surface area contributed by atoms with Gasteiger partial charge in [0.15, 0.2) is 0 Å². The lowest BCUT2D eigenvalue weighted by molar-refractivity contribution is -0.0576. The lowest BCUT2D eigenvalue weighted by Gasteiger charge is -2.45. The number of nitrogens with zero attached hydrogens (tertiary/aromatic N) is 1. The first-order valence-corrected chi connectivity index (χ1v) is 13.5. The summed E-state index contributed by atoms with van der Waals surface area (Å²) in [5.41, 5.74) is 4.64. The van der Waals surface area contributed by atoms with Crippen LogP contribution in [0.25, 0.3) is 0 Å². The summed E-state index contributed by atoms with van der Waals surface area (Å²) >= 11 is 0. The van der Waals surface area contributed by atoms with Crippen LogP contribution in [0.1, 0.15) is 96.6 Å². The Labute approximate surface area is 196 Å². The Morgan fingerprint density at radius 3 is 2.34 bits per heavy atom. The fourth-order valence-corrected chi connectivity index (χ4v) is 6.41. The van der Waals surface area contributed by atoms with E-state index in [2.05, 4.69) is 49.9 Å². The second-order valence-corrected chi connectivity index (χ2v) is 10.3. The molecule has 32 heavy (non-hydrogen) atoms. The van der Waals surface area contributed by atoms with Gasteiger partial charge in [-0.1, -0.05) is 63.7 Å². The molecule has 0 saturated heterocycles. The maximum Gasteiger partial charge on any atom is 0.119 e. The van der Waals surface area contributed by atoms with Crippen LogP contribution in [0.15, 0.2) is 35.4 Å². The molecule has 3 nitrogen and oxygen atoms in total. The van der Waals surface area contributed by atoms with Crippen LogP contribution < -0.4 is 4.74 Å². The number of hydrogen-bond donors (Lipinski definition) is 0. The summed E-state index contributed by atoms with van der Waals surface area (Å²) in [6.07, 6.45) is 13.8. The van der Waals surface area contributed by atoms with E-state index >= 15 is 0 Å². The maximum atomic E-state index is 6.90. The molecule has 0 amide bonds. The van der Waals surface area contributed by atoms with Crippen LogP contribution in [0.4, 0.5) is 0 Å². The Bertz CT molecular complexity index is 734. The average molecular weight is 440 g/mol. The van der Waals surface area contributed by atoms with Crippen molar-refractivity contribution in [2.45, 2.75) is 97.2 Å². The predicted octanol–water partition coefficient (Wildman–Crippen LogP) is 7.32. The molecular formula is C29H45NO2. The topological polar surface area (TPSA) is 21.7 Å². The summed E-state index contributed by atoms with van der Waals surface area (Å²) in [5.74, 6) is 2.35. The lowest BCUT2D eigenvalue weighted by atomic mass is 9.71. The number of likely N-dealkylation sites (N-methyl/N-ethyl adjacent to an activating group) is 1. The number of fused-ring (bicyclic) bond motifs is 1. The minimum absolute atomic E-state index is 0.145. The van der Waals surface area contributed by atoms with Gasteiger partial charge in [-0.25, -0.2) is 0 Å². The van der Waals surface area contributed by atoms with E-state index in [0.717, 1.165) is 32.0 Å². The van der Waals surface area contributed by atoms with Gasteiger partial charge in [0.2, 0.25) is 0 Å². The molecule has 0 bridgehead atoms. The third kappa shape index (κ3) is 5.59. The summed E-state index contributed by atoms with van der Waals surface area (Å²) in [7, 11) is 0. The van der Waals surface area contributed by atoms with Crippen molar-refractivity contribution in [3.05, 3.63) is 41.0 Å². The molecule has 1 heterocycles. The smallest absolute Gasteiger partial charge is 0.119 e. The molecule has 2 fully saturated rings. The average Bonchev–Trinajstić information content (AvgIpc) is 2.84. The van der Waals surface area contributed by atoms with Gasteiger partial charge in [-0.05, 0) is 81.3 Å². The molecule has 2 saturated carbocycles. The first-order chi connectivity index (χ1) is 15.7. The third-order valence-electron chi connectivity index (χ3n) is 8.20. The van der Waals surface area contributed by atoms with Crippen LogP contribution in [-0.2, 0) is 4.74 Å². The van der Waals surface area contributed by atoms with E-state index in [1.54, 1.807) is 11.1 Å². The molecule has 0 radical (unpaired) electrons. The van der Waals surface area contributed by atoms with Crippen LogP contribution >= 0.6 is 0 Å². The summed E-state index contributed by atoms with van der Waals surface area (Å²) in [6.45, 7) is 10.9.